The van der Waals surface area contributed by atoms with E-state index in [2.05, 4.69) is 40.4 Å². The molecule has 0 saturated carbocycles. The van der Waals surface area contributed by atoms with Gasteiger partial charge < -0.3 is 10.1 Å². The van der Waals surface area contributed by atoms with Crippen LogP contribution in [0.3, 0.4) is 0 Å². The maximum Gasteiger partial charge on any atom is 0.192 e. The standard InChI is InChI=1S/C14H12N6O.C3H8/c1-16-12-14-17-5-6-20(14)13(19-18-12)10-4-3-9(8-15)7-11(10)21-2;1-3-2/h3-7H,1-2H3,(H,16,18);3H2,1-2H3. The highest BCUT2D eigenvalue weighted by Gasteiger charge is 2.15. The molecular weight excluding hydrogens is 304 g/mol. The number of imidazole rings is 1. The Balaban J connectivity index is 0.000000647. The van der Waals surface area contributed by atoms with Crippen LogP contribution in [0.15, 0.2) is 30.6 Å². The molecule has 2 aromatic heterocycles. The van der Waals surface area contributed by atoms with Gasteiger partial charge >= 0.3 is 0 Å². The number of ether oxygens (including phenoxy) is 1. The molecule has 0 amide bonds. The van der Waals surface area contributed by atoms with E-state index >= 15 is 0 Å². The quantitative estimate of drug-likeness (QED) is 0.796. The van der Waals surface area contributed by atoms with Gasteiger partial charge in [0.15, 0.2) is 17.3 Å². The average molecular weight is 324 g/mol. The molecule has 0 aliphatic heterocycles. The molecule has 0 saturated heterocycles. The normalized spacial score (nSPS) is 9.79. The third kappa shape index (κ3) is 3.27. The summed E-state index contributed by atoms with van der Waals surface area (Å²) in [6, 6.07) is 7.27. The van der Waals surface area contributed by atoms with E-state index < -0.39 is 0 Å². The van der Waals surface area contributed by atoms with Gasteiger partial charge in [0.25, 0.3) is 0 Å². The lowest BCUT2D eigenvalue weighted by Gasteiger charge is -2.10. The molecule has 1 N–H and O–H groups in total. The Morgan fingerprint density at radius 1 is 1.29 bits per heavy atom. The van der Waals surface area contributed by atoms with Crippen LogP contribution >= 0.6 is 0 Å². The zero-order chi connectivity index (χ0) is 17.5. The number of rotatable bonds is 3. The molecular formula is C17H20N6O. The number of nitriles is 1. The van der Waals surface area contributed by atoms with Gasteiger partial charge in [-0.05, 0) is 18.2 Å². The minimum Gasteiger partial charge on any atom is -0.496 e. The molecule has 7 nitrogen and oxygen atoms in total. The van der Waals surface area contributed by atoms with Crippen molar-refractivity contribution in [2.24, 2.45) is 0 Å². The Morgan fingerprint density at radius 3 is 2.67 bits per heavy atom. The number of anilines is 1. The van der Waals surface area contributed by atoms with E-state index in [4.69, 9.17) is 10.00 Å². The van der Waals surface area contributed by atoms with Crippen molar-refractivity contribution in [1.29, 1.82) is 5.26 Å². The molecule has 0 aliphatic rings. The molecule has 124 valence electrons. The predicted molar refractivity (Wildman–Crippen MR) is 93.0 cm³/mol. The molecule has 0 aliphatic carbocycles. The van der Waals surface area contributed by atoms with E-state index in [0.717, 1.165) is 5.56 Å². The maximum atomic E-state index is 8.97. The van der Waals surface area contributed by atoms with E-state index in [1.807, 2.05) is 4.40 Å². The number of aromatic nitrogens is 4. The first-order chi connectivity index (χ1) is 11.7. The van der Waals surface area contributed by atoms with Crippen LogP contribution < -0.4 is 10.1 Å². The maximum absolute atomic E-state index is 8.97. The van der Waals surface area contributed by atoms with Gasteiger partial charge in [-0.15, -0.1) is 10.2 Å². The summed E-state index contributed by atoms with van der Waals surface area (Å²) < 4.78 is 7.18. The van der Waals surface area contributed by atoms with Gasteiger partial charge in [-0.25, -0.2) is 4.98 Å². The van der Waals surface area contributed by atoms with Gasteiger partial charge in [0.2, 0.25) is 0 Å². The van der Waals surface area contributed by atoms with E-state index in [1.54, 1.807) is 44.8 Å². The van der Waals surface area contributed by atoms with Crippen molar-refractivity contribution < 1.29 is 4.74 Å². The first kappa shape index (κ1) is 17.2. The fourth-order valence-electron chi connectivity index (χ4n) is 2.13. The minimum absolute atomic E-state index is 0.525. The molecule has 0 spiro atoms. The monoisotopic (exact) mass is 324 g/mol. The fraction of sp³-hybridized carbons (Fsp3) is 0.294. The van der Waals surface area contributed by atoms with E-state index in [-0.39, 0.29) is 0 Å². The highest BCUT2D eigenvalue weighted by atomic mass is 16.5. The van der Waals surface area contributed by atoms with Crippen molar-refractivity contribution in [2.45, 2.75) is 20.3 Å². The van der Waals surface area contributed by atoms with Crippen molar-refractivity contribution in [2.75, 3.05) is 19.5 Å². The van der Waals surface area contributed by atoms with Gasteiger partial charge in [0, 0.05) is 19.4 Å². The third-order valence-electron chi connectivity index (χ3n) is 3.13. The van der Waals surface area contributed by atoms with Crippen LogP contribution in [0.5, 0.6) is 5.75 Å². The number of hydrogen-bond acceptors (Lipinski definition) is 6. The number of hydrogen-bond donors (Lipinski definition) is 1. The Labute approximate surface area is 140 Å². The van der Waals surface area contributed by atoms with Crippen LogP contribution in [0, 0.1) is 11.3 Å². The zero-order valence-electron chi connectivity index (χ0n) is 14.2. The summed E-state index contributed by atoms with van der Waals surface area (Å²) in [4.78, 5) is 4.27. The zero-order valence-corrected chi connectivity index (χ0v) is 14.2. The highest BCUT2D eigenvalue weighted by molar-refractivity contribution is 5.71. The van der Waals surface area contributed by atoms with Gasteiger partial charge in [-0.1, -0.05) is 20.3 Å². The summed E-state index contributed by atoms with van der Waals surface area (Å²) in [5.41, 5.74) is 1.95. The van der Waals surface area contributed by atoms with Gasteiger partial charge in [0.05, 0.1) is 24.3 Å². The Kier molecular flexibility index (Phi) is 5.68. The summed E-state index contributed by atoms with van der Waals surface area (Å²) in [7, 11) is 3.32. The van der Waals surface area contributed by atoms with E-state index in [0.29, 0.717) is 28.6 Å². The highest BCUT2D eigenvalue weighted by Crippen LogP contribution is 2.30. The number of methoxy groups -OCH3 is 1. The van der Waals surface area contributed by atoms with Crippen LogP contribution in [0.25, 0.3) is 17.0 Å². The summed E-state index contributed by atoms with van der Waals surface area (Å²) in [6.07, 6.45) is 4.73. The molecule has 1 aromatic carbocycles. The number of benzene rings is 1. The molecule has 0 bridgehead atoms. The summed E-state index contributed by atoms with van der Waals surface area (Å²) in [6.45, 7) is 4.25. The number of fused-ring (bicyclic) bond motifs is 1. The Morgan fingerprint density at radius 2 is 2.04 bits per heavy atom. The molecule has 0 atom stereocenters. The second-order valence-corrected chi connectivity index (χ2v) is 4.98. The Bertz CT molecular complexity index is 865. The van der Waals surface area contributed by atoms with Crippen molar-refractivity contribution in [3.8, 4) is 23.2 Å². The fourth-order valence-corrected chi connectivity index (χ4v) is 2.13. The van der Waals surface area contributed by atoms with Crippen molar-refractivity contribution in [1.82, 2.24) is 19.6 Å². The lowest BCUT2D eigenvalue weighted by Crippen LogP contribution is -2.04. The van der Waals surface area contributed by atoms with Crippen LogP contribution in [-0.2, 0) is 0 Å². The average Bonchev–Trinajstić information content (AvgIpc) is 3.11. The van der Waals surface area contributed by atoms with Crippen LogP contribution in [0.2, 0.25) is 0 Å². The van der Waals surface area contributed by atoms with Gasteiger partial charge in [-0.2, -0.15) is 5.26 Å². The summed E-state index contributed by atoms with van der Waals surface area (Å²) in [5, 5.41) is 20.3. The largest absolute Gasteiger partial charge is 0.496 e. The smallest absolute Gasteiger partial charge is 0.192 e. The van der Waals surface area contributed by atoms with Crippen LogP contribution in [-0.4, -0.2) is 33.7 Å². The third-order valence-corrected chi connectivity index (χ3v) is 3.13. The van der Waals surface area contributed by atoms with Gasteiger partial charge in [-0.3, -0.25) is 4.40 Å². The second kappa shape index (κ2) is 7.92. The van der Waals surface area contributed by atoms with Crippen molar-refractivity contribution >= 4 is 11.5 Å². The van der Waals surface area contributed by atoms with Crippen LogP contribution in [0.4, 0.5) is 5.82 Å². The molecule has 0 unspecified atom stereocenters. The van der Waals surface area contributed by atoms with E-state index in [9.17, 15) is 0 Å². The molecule has 0 fully saturated rings. The SMILES string of the molecule is CCC.CNc1nnc(-c2ccc(C#N)cc2OC)n2ccnc12. The summed E-state index contributed by atoms with van der Waals surface area (Å²) in [5.74, 6) is 1.76. The van der Waals surface area contributed by atoms with Crippen molar-refractivity contribution in [3.63, 3.8) is 0 Å². The molecule has 3 aromatic rings. The Hall–Kier alpha value is -3.14. The lowest BCUT2D eigenvalue weighted by molar-refractivity contribution is 0.416. The summed E-state index contributed by atoms with van der Waals surface area (Å²) >= 11 is 0. The first-order valence-electron chi connectivity index (χ1n) is 7.66. The second-order valence-electron chi connectivity index (χ2n) is 4.98. The molecule has 2 heterocycles. The topological polar surface area (TPSA) is 88.1 Å². The minimum atomic E-state index is 0.525. The molecule has 0 radical (unpaired) electrons. The number of nitrogens with zero attached hydrogens (tertiary/aromatic N) is 5. The predicted octanol–water partition coefficient (Wildman–Crippen LogP) is 3.13. The number of nitrogens with one attached hydrogen (secondary N) is 1. The van der Waals surface area contributed by atoms with Gasteiger partial charge in [0.1, 0.15) is 5.75 Å². The molecule has 24 heavy (non-hydrogen) atoms. The first-order valence-corrected chi connectivity index (χ1v) is 7.66. The molecule has 7 heteroatoms. The molecule has 3 rings (SSSR count). The van der Waals surface area contributed by atoms with Crippen molar-refractivity contribution in [3.05, 3.63) is 36.2 Å². The van der Waals surface area contributed by atoms with E-state index in [1.165, 1.54) is 6.42 Å². The lowest BCUT2D eigenvalue weighted by atomic mass is 10.1. The van der Waals surface area contributed by atoms with Crippen LogP contribution in [0.1, 0.15) is 25.8 Å².